The lowest BCUT2D eigenvalue weighted by atomic mass is 10.0. The van der Waals surface area contributed by atoms with E-state index in [0.717, 1.165) is 71.2 Å². The minimum Gasteiger partial charge on any atom is -0.494 e. The Labute approximate surface area is 211 Å². The molecule has 0 aliphatic rings. The Hall–Kier alpha value is -3.10. The molecule has 0 bridgehead atoms. The Morgan fingerprint density at radius 3 is 2.31 bits per heavy atom. The summed E-state index contributed by atoms with van der Waals surface area (Å²) in [6.07, 6.45) is 4.67. The summed E-state index contributed by atoms with van der Waals surface area (Å²) in [5, 5.41) is 19.4. The zero-order valence-corrected chi connectivity index (χ0v) is 21.5. The van der Waals surface area contributed by atoms with Gasteiger partial charge in [0.2, 0.25) is 0 Å². The van der Waals surface area contributed by atoms with Crippen LogP contribution in [-0.2, 0) is 6.42 Å². The molecule has 2 aromatic carbocycles. The zero-order chi connectivity index (χ0) is 25.0. The monoisotopic (exact) mass is 497 g/mol. The maximum Gasteiger partial charge on any atom is 0.149 e. The second-order valence-corrected chi connectivity index (χ2v) is 9.24. The SMILES string of the molecule is CCCOc1cc(OCCCCCOc2ccc(C(=N)NO)cc2)c(CC)cc1-c1csc(C)n1. The van der Waals surface area contributed by atoms with E-state index < -0.39 is 0 Å². The van der Waals surface area contributed by atoms with E-state index in [0.29, 0.717) is 25.4 Å². The Morgan fingerprint density at radius 2 is 1.69 bits per heavy atom. The topological polar surface area (TPSA) is 96.7 Å². The Bertz CT molecular complexity index is 1080. The Morgan fingerprint density at radius 1 is 0.971 bits per heavy atom. The van der Waals surface area contributed by atoms with Gasteiger partial charge in [-0.15, -0.1) is 11.3 Å². The van der Waals surface area contributed by atoms with Crippen LogP contribution in [0.1, 0.15) is 55.7 Å². The maximum atomic E-state index is 8.79. The first kappa shape index (κ1) is 26.5. The van der Waals surface area contributed by atoms with E-state index in [2.05, 4.69) is 30.3 Å². The summed E-state index contributed by atoms with van der Waals surface area (Å²) in [4.78, 5) is 4.66. The lowest BCUT2D eigenvalue weighted by Gasteiger charge is -2.16. The van der Waals surface area contributed by atoms with Crippen LogP contribution >= 0.6 is 11.3 Å². The van der Waals surface area contributed by atoms with E-state index in [9.17, 15) is 0 Å². The van der Waals surface area contributed by atoms with Gasteiger partial charge in [0.25, 0.3) is 0 Å². The summed E-state index contributed by atoms with van der Waals surface area (Å²) in [6.45, 7) is 8.17. The van der Waals surface area contributed by atoms with Crippen LogP contribution in [-0.4, -0.2) is 35.8 Å². The number of rotatable bonds is 14. The van der Waals surface area contributed by atoms with Crippen LogP contribution in [0.2, 0.25) is 0 Å². The highest BCUT2D eigenvalue weighted by atomic mass is 32.1. The fourth-order valence-electron chi connectivity index (χ4n) is 3.57. The molecule has 0 amide bonds. The molecule has 3 rings (SSSR count). The van der Waals surface area contributed by atoms with Crippen molar-refractivity contribution < 1.29 is 19.4 Å². The van der Waals surface area contributed by atoms with Gasteiger partial charge >= 0.3 is 0 Å². The van der Waals surface area contributed by atoms with Crippen molar-refractivity contribution in [3.63, 3.8) is 0 Å². The quantitative estimate of drug-likeness (QED) is 0.103. The first-order valence-corrected chi connectivity index (χ1v) is 13.0. The highest BCUT2D eigenvalue weighted by molar-refractivity contribution is 7.09. The van der Waals surface area contributed by atoms with Gasteiger partial charge in [-0.25, -0.2) is 4.98 Å². The zero-order valence-electron chi connectivity index (χ0n) is 20.7. The fourth-order valence-corrected chi connectivity index (χ4v) is 4.18. The largest absolute Gasteiger partial charge is 0.494 e. The molecule has 35 heavy (non-hydrogen) atoms. The summed E-state index contributed by atoms with van der Waals surface area (Å²) in [7, 11) is 0. The first-order chi connectivity index (χ1) is 17.0. The third-order valence-corrected chi connectivity index (χ3v) is 6.24. The third-order valence-electron chi connectivity index (χ3n) is 5.47. The molecule has 0 radical (unpaired) electrons. The molecular formula is C27H35N3O4S. The average Bonchev–Trinajstić information content (AvgIpc) is 3.32. The van der Waals surface area contributed by atoms with Crippen LogP contribution < -0.4 is 19.7 Å². The van der Waals surface area contributed by atoms with Crippen LogP contribution in [0.3, 0.4) is 0 Å². The smallest absolute Gasteiger partial charge is 0.149 e. The van der Waals surface area contributed by atoms with Crippen molar-refractivity contribution >= 4 is 17.2 Å². The summed E-state index contributed by atoms with van der Waals surface area (Å²) in [5.41, 5.74) is 5.58. The number of hydrogen-bond donors (Lipinski definition) is 3. The van der Waals surface area contributed by atoms with Gasteiger partial charge in [-0.05, 0) is 74.9 Å². The minimum atomic E-state index is -0.0419. The van der Waals surface area contributed by atoms with Gasteiger partial charge < -0.3 is 14.2 Å². The van der Waals surface area contributed by atoms with E-state index in [1.54, 1.807) is 35.6 Å². The van der Waals surface area contributed by atoms with E-state index in [4.69, 9.17) is 24.8 Å². The van der Waals surface area contributed by atoms with Gasteiger partial charge in [-0.2, -0.15) is 0 Å². The van der Waals surface area contributed by atoms with Gasteiger partial charge in [-0.1, -0.05) is 13.8 Å². The molecule has 0 spiro atoms. The summed E-state index contributed by atoms with van der Waals surface area (Å²) >= 11 is 1.65. The van der Waals surface area contributed by atoms with Crippen LogP contribution in [0.25, 0.3) is 11.3 Å². The lowest BCUT2D eigenvalue weighted by molar-refractivity contribution is 0.234. The predicted molar refractivity (Wildman–Crippen MR) is 140 cm³/mol. The maximum absolute atomic E-state index is 8.79. The normalized spacial score (nSPS) is 10.7. The summed E-state index contributed by atoms with van der Waals surface area (Å²) in [5.74, 6) is 2.42. The molecule has 0 aliphatic carbocycles. The Balaban J connectivity index is 1.49. The summed E-state index contributed by atoms with van der Waals surface area (Å²) < 4.78 is 18.0. The molecular weight excluding hydrogens is 462 g/mol. The number of amidine groups is 1. The number of unbranched alkanes of at least 4 members (excludes halogenated alkanes) is 2. The molecule has 7 nitrogen and oxygen atoms in total. The number of hydroxylamine groups is 1. The van der Waals surface area contributed by atoms with Gasteiger partial charge in [0.05, 0.1) is 30.5 Å². The molecule has 0 atom stereocenters. The molecule has 188 valence electrons. The molecule has 3 aromatic rings. The second-order valence-electron chi connectivity index (χ2n) is 8.18. The number of ether oxygens (including phenoxy) is 3. The first-order valence-electron chi connectivity index (χ1n) is 12.1. The molecule has 0 saturated carbocycles. The molecule has 3 N–H and O–H groups in total. The number of nitrogens with zero attached hydrogens (tertiary/aromatic N) is 1. The fraction of sp³-hybridized carbons (Fsp3) is 0.407. The van der Waals surface area contributed by atoms with Crippen LogP contribution in [0.5, 0.6) is 17.2 Å². The molecule has 1 aromatic heterocycles. The molecule has 0 aliphatic heterocycles. The van der Waals surface area contributed by atoms with E-state index >= 15 is 0 Å². The van der Waals surface area contributed by atoms with Gasteiger partial charge in [-0.3, -0.25) is 16.1 Å². The van der Waals surface area contributed by atoms with Gasteiger partial charge in [0, 0.05) is 22.6 Å². The van der Waals surface area contributed by atoms with Crippen LogP contribution in [0.15, 0.2) is 41.8 Å². The van der Waals surface area contributed by atoms with Crippen LogP contribution in [0.4, 0.5) is 0 Å². The molecule has 1 heterocycles. The molecule has 0 fully saturated rings. The van der Waals surface area contributed by atoms with Gasteiger partial charge in [0.15, 0.2) is 0 Å². The van der Waals surface area contributed by atoms with Crippen molar-refractivity contribution in [1.29, 1.82) is 5.41 Å². The Kier molecular flexibility index (Phi) is 10.4. The molecule has 8 heteroatoms. The number of aryl methyl sites for hydroxylation is 2. The summed E-state index contributed by atoms with van der Waals surface area (Å²) in [6, 6.07) is 11.2. The number of aromatic nitrogens is 1. The van der Waals surface area contributed by atoms with Crippen molar-refractivity contribution in [2.45, 2.75) is 52.9 Å². The van der Waals surface area contributed by atoms with Crippen molar-refractivity contribution in [2.75, 3.05) is 19.8 Å². The minimum absolute atomic E-state index is 0.0419. The van der Waals surface area contributed by atoms with Crippen LogP contribution in [0, 0.1) is 12.3 Å². The van der Waals surface area contributed by atoms with E-state index in [-0.39, 0.29) is 5.84 Å². The lowest BCUT2D eigenvalue weighted by Crippen LogP contribution is -2.18. The number of thiazole rings is 1. The highest BCUT2D eigenvalue weighted by Crippen LogP contribution is 2.37. The van der Waals surface area contributed by atoms with Crippen molar-refractivity contribution in [3.05, 3.63) is 57.9 Å². The number of hydrogen-bond acceptors (Lipinski definition) is 7. The van der Waals surface area contributed by atoms with Crippen molar-refractivity contribution in [1.82, 2.24) is 10.5 Å². The molecule has 0 saturated heterocycles. The number of nitrogens with one attached hydrogen (secondary N) is 2. The van der Waals surface area contributed by atoms with E-state index in [1.807, 2.05) is 18.5 Å². The number of benzene rings is 2. The van der Waals surface area contributed by atoms with Crippen molar-refractivity contribution in [3.8, 4) is 28.5 Å². The highest BCUT2D eigenvalue weighted by Gasteiger charge is 2.15. The van der Waals surface area contributed by atoms with E-state index in [1.165, 1.54) is 0 Å². The standard InChI is InChI=1S/C27H35N3O4S/c1-4-13-33-26-17-25(20(5-2)16-23(26)24-18-35-19(3)29-24)34-15-8-6-7-14-32-22-11-9-21(10-12-22)27(28)30-31/h9-12,16-18,31H,4-8,13-15H2,1-3H3,(H2,28,30). The average molecular weight is 498 g/mol. The second kappa shape index (κ2) is 13.7. The third kappa shape index (κ3) is 7.70. The predicted octanol–water partition coefficient (Wildman–Crippen LogP) is 6.40. The van der Waals surface area contributed by atoms with Crippen molar-refractivity contribution in [2.24, 2.45) is 0 Å². The molecule has 0 unspecified atom stereocenters. The van der Waals surface area contributed by atoms with Gasteiger partial charge in [0.1, 0.15) is 23.1 Å².